The molecule has 0 aromatic rings. The second-order valence-corrected chi connectivity index (χ2v) is 6.74. The van der Waals surface area contributed by atoms with Crippen LogP contribution in [0.2, 0.25) is 0 Å². The number of carbonyl (C=O) groups is 8. The van der Waals surface area contributed by atoms with Gasteiger partial charge in [0.1, 0.15) is 5.82 Å². The zero-order valence-electron chi connectivity index (χ0n) is 22.8. The molecule has 0 aromatic carbocycles. The lowest BCUT2D eigenvalue weighted by Crippen LogP contribution is -2.43. The van der Waals surface area contributed by atoms with Crippen molar-refractivity contribution in [3.8, 4) is 0 Å². The van der Waals surface area contributed by atoms with E-state index in [1.807, 2.05) is 0 Å². The van der Waals surface area contributed by atoms with Crippen molar-refractivity contribution in [3.63, 3.8) is 0 Å². The maximum Gasteiger partial charge on any atom is 0.317 e. The highest BCUT2D eigenvalue weighted by molar-refractivity contribution is 5.73. The van der Waals surface area contributed by atoms with Crippen molar-refractivity contribution >= 4 is 47.8 Å². The van der Waals surface area contributed by atoms with E-state index in [4.69, 9.17) is 77.2 Å². The molecular weight excluding hydrogens is 566 g/mol. The first kappa shape index (κ1) is 48.8. The third-order valence-corrected chi connectivity index (χ3v) is 2.36. The van der Waals surface area contributed by atoms with Gasteiger partial charge in [0.25, 0.3) is 23.9 Å². The molecule has 0 bridgehead atoms. The lowest BCUT2D eigenvalue weighted by Gasteiger charge is -2.23. The summed E-state index contributed by atoms with van der Waals surface area (Å²) in [7, 11) is 0. The van der Waals surface area contributed by atoms with Gasteiger partial charge in [-0.1, -0.05) is 0 Å². The summed E-state index contributed by atoms with van der Waals surface area (Å²) in [5, 5.41) is 64.1. The van der Waals surface area contributed by atoms with E-state index in [-0.39, 0.29) is 18.9 Å². The second kappa shape index (κ2) is 32.8. The smallest absolute Gasteiger partial charge is 0.317 e. The molecule has 0 radical (unpaired) electrons. The Kier molecular flexibility index (Phi) is 39.1. The maximum absolute atomic E-state index is 10.6. The fourth-order valence-corrected chi connectivity index (χ4v) is 1.48. The van der Waals surface area contributed by atoms with Crippen LogP contribution >= 0.6 is 0 Å². The zero-order chi connectivity index (χ0) is 34.3. The molecule has 0 saturated carbocycles. The third-order valence-electron chi connectivity index (χ3n) is 2.36. The van der Waals surface area contributed by atoms with E-state index in [0.29, 0.717) is 0 Å². The Hall–Kier alpha value is -5.18. The van der Waals surface area contributed by atoms with Crippen LogP contribution in [0.5, 0.6) is 0 Å². The summed E-state index contributed by atoms with van der Waals surface area (Å²) < 4.78 is 0. The molecule has 0 rings (SSSR count). The minimum absolute atomic E-state index is 0.0703. The van der Waals surface area contributed by atoms with Crippen molar-refractivity contribution in [1.29, 1.82) is 0 Å². The number of hydrogen-bond acceptors (Lipinski definition) is 13. The number of nitrogens with two attached hydrogens (primary N) is 3. The van der Waals surface area contributed by atoms with Crippen LogP contribution in [0.3, 0.4) is 0 Å². The van der Waals surface area contributed by atoms with Crippen LogP contribution in [0, 0.1) is 0 Å². The van der Waals surface area contributed by atoms with Gasteiger partial charge in [0.2, 0.25) is 0 Å². The van der Waals surface area contributed by atoms with E-state index >= 15 is 0 Å². The Morgan fingerprint density at radius 3 is 0.683 bits per heavy atom. The van der Waals surface area contributed by atoms with Crippen LogP contribution in [0.4, 0.5) is 0 Å². The Bertz CT molecular complexity index is 712. The van der Waals surface area contributed by atoms with Gasteiger partial charge in [0.05, 0.1) is 26.2 Å². The molecule has 14 N–H and O–H groups in total. The van der Waals surface area contributed by atoms with E-state index < -0.39 is 73.9 Å². The minimum Gasteiger partial charge on any atom is -0.481 e. The standard InChI is InChI=1S/C10H16N2O8.C2H7N3.4C2H4O2/c13-7(14)3-11(4-8(15)16)1-2-12(5-9(17)18)6-10(19)20;3-1-2(4)5;4*1-2(3)4/h1-6H2,(H,13,14)(H,15,16)(H,17,18)(H,19,20);1H,3-5H2;4*1H3,(H,3,4). The molecule has 0 aliphatic heterocycles. The Balaban J connectivity index is -0.000000117. The van der Waals surface area contributed by atoms with Crippen LogP contribution in [0.15, 0.2) is 12.0 Å². The van der Waals surface area contributed by atoms with Crippen molar-refractivity contribution in [3.05, 3.63) is 12.0 Å². The first-order valence-corrected chi connectivity index (χ1v) is 10.4. The molecule has 0 amide bonds. The average molecular weight is 606 g/mol. The summed E-state index contributed by atoms with van der Waals surface area (Å²) >= 11 is 0. The first-order chi connectivity index (χ1) is 18.4. The topological polar surface area (TPSA) is 383 Å². The van der Waals surface area contributed by atoms with E-state index in [1.165, 1.54) is 0 Å². The molecule has 0 spiro atoms. The van der Waals surface area contributed by atoms with Gasteiger partial charge in [-0.2, -0.15) is 0 Å². The number of aliphatic carboxylic acids is 8. The number of carboxylic acid groups (broad SMARTS) is 8. The second-order valence-electron chi connectivity index (χ2n) is 6.74. The molecule has 21 heteroatoms. The fourth-order valence-electron chi connectivity index (χ4n) is 1.48. The summed E-state index contributed by atoms with van der Waals surface area (Å²) in [5.41, 5.74) is 14.4. The number of hydrogen-bond donors (Lipinski definition) is 11. The third kappa shape index (κ3) is 118. The largest absolute Gasteiger partial charge is 0.481 e. The summed E-state index contributed by atoms with van der Waals surface area (Å²) in [6, 6.07) is 0. The van der Waals surface area contributed by atoms with Crippen molar-refractivity contribution in [2.75, 3.05) is 39.3 Å². The van der Waals surface area contributed by atoms with Crippen LogP contribution in [-0.2, 0) is 38.4 Å². The lowest BCUT2D eigenvalue weighted by atomic mass is 10.4. The van der Waals surface area contributed by atoms with Crippen LogP contribution in [-0.4, -0.2) is 138 Å². The molecule has 0 unspecified atom stereocenters. The van der Waals surface area contributed by atoms with Gasteiger partial charge in [-0.3, -0.25) is 48.2 Å². The van der Waals surface area contributed by atoms with E-state index in [0.717, 1.165) is 43.7 Å². The number of carboxylic acids is 8. The maximum atomic E-state index is 10.6. The van der Waals surface area contributed by atoms with Crippen LogP contribution in [0.1, 0.15) is 27.7 Å². The number of rotatable bonds is 11. The predicted octanol–water partition coefficient (Wildman–Crippen LogP) is -3.05. The van der Waals surface area contributed by atoms with E-state index in [9.17, 15) is 19.2 Å². The minimum atomic E-state index is -1.23. The Morgan fingerprint density at radius 1 is 0.488 bits per heavy atom. The molecule has 21 nitrogen and oxygen atoms in total. The molecule has 0 saturated heterocycles. The van der Waals surface area contributed by atoms with Gasteiger partial charge < -0.3 is 58.1 Å². The Labute approximate surface area is 233 Å². The first-order valence-electron chi connectivity index (χ1n) is 10.4. The molecule has 0 aliphatic rings. The molecule has 0 fully saturated rings. The molecule has 0 aromatic heterocycles. The van der Waals surface area contributed by atoms with E-state index in [1.54, 1.807) is 0 Å². The van der Waals surface area contributed by atoms with Gasteiger partial charge >= 0.3 is 23.9 Å². The van der Waals surface area contributed by atoms with Crippen LogP contribution < -0.4 is 17.2 Å². The SMILES string of the molecule is CC(=O)O.CC(=O)O.CC(=O)O.CC(=O)O.NC=C(N)N.O=C(O)CN(CCN(CC(=O)O)CC(=O)O)CC(=O)O. The van der Waals surface area contributed by atoms with Crippen molar-refractivity contribution < 1.29 is 79.2 Å². The quantitative estimate of drug-likeness (QED) is 0.111. The van der Waals surface area contributed by atoms with Gasteiger partial charge in [-0.25, -0.2) is 0 Å². The Morgan fingerprint density at radius 2 is 0.610 bits per heavy atom. The molecule has 0 aliphatic carbocycles. The summed E-state index contributed by atoms with van der Waals surface area (Å²) in [5.74, 6) is -8.09. The van der Waals surface area contributed by atoms with Gasteiger partial charge in [-0.05, 0) is 0 Å². The highest BCUT2D eigenvalue weighted by Gasteiger charge is 2.18. The molecule has 0 atom stereocenters. The summed E-state index contributed by atoms with van der Waals surface area (Å²) in [6.45, 7) is 2.08. The predicted molar refractivity (Wildman–Crippen MR) is 137 cm³/mol. The molecule has 0 heterocycles. The van der Waals surface area contributed by atoms with Crippen molar-refractivity contribution in [2.45, 2.75) is 27.7 Å². The van der Waals surface area contributed by atoms with Gasteiger partial charge in [0.15, 0.2) is 0 Å². The zero-order valence-corrected chi connectivity index (χ0v) is 22.8. The van der Waals surface area contributed by atoms with Crippen molar-refractivity contribution in [1.82, 2.24) is 9.80 Å². The molecule has 240 valence electrons. The van der Waals surface area contributed by atoms with Crippen LogP contribution in [0.25, 0.3) is 0 Å². The highest BCUT2D eigenvalue weighted by atomic mass is 16.4. The summed E-state index contributed by atoms with van der Waals surface area (Å²) in [6.07, 6.45) is 1.14. The fraction of sp³-hybridized carbons (Fsp3) is 0.500. The van der Waals surface area contributed by atoms with Gasteiger partial charge in [-0.15, -0.1) is 0 Å². The van der Waals surface area contributed by atoms with Crippen molar-refractivity contribution in [2.24, 2.45) is 17.2 Å². The molecular formula is C20H39N5O16. The number of nitrogens with zero attached hydrogens (tertiary/aromatic N) is 2. The highest BCUT2D eigenvalue weighted by Crippen LogP contribution is 1.94. The normalized spacial score (nSPS) is 8.44. The van der Waals surface area contributed by atoms with Gasteiger partial charge in [0, 0.05) is 47.0 Å². The van der Waals surface area contributed by atoms with E-state index in [2.05, 4.69) is 0 Å². The molecule has 41 heavy (non-hydrogen) atoms. The summed E-state index contributed by atoms with van der Waals surface area (Å²) in [4.78, 5) is 80.4. The monoisotopic (exact) mass is 605 g/mol. The average Bonchev–Trinajstić information content (AvgIpc) is 2.69. The lowest BCUT2D eigenvalue weighted by molar-refractivity contribution is -0.145.